The largest absolute Gasteiger partial charge is 0.271 e. The number of aromatic nitrogens is 3. The summed E-state index contributed by atoms with van der Waals surface area (Å²) >= 11 is 0. The first-order valence-corrected chi connectivity index (χ1v) is 5.58. The van der Waals surface area contributed by atoms with Crippen LogP contribution in [0.4, 0.5) is 0 Å². The Morgan fingerprint density at radius 2 is 2.24 bits per heavy atom. The number of aryl methyl sites for hydroxylation is 2. The number of nitrogens with zero attached hydrogens (tertiary/aromatic N) is 2. The normalized spacial score (nSPS) is 12.6. The zero-order valence-corrected chi connectivity index (χ0v) is 10.1. The molecule has 0 aliphatic rings. The van der Waals surface area contributed by atoms with Crippen LogP contribution in [0.3, 0.4) is 0 Å². The fraction of sp³-hybridized carbons (Fsp3) is 0.333. The molecule has 1 atom stereocenters. The molecule has 0 spiro atoms. The number of nitrogens with one attached hydrogen (secondary N) is 2. The quantitative estimate of drug-likeness (QED) is 0.545. The Morgan fingerprint density at radius 3 is 2.88 bits per heavy atom. The topological polar surface area (TPSA) is 79.6 Å². The van der Waals surface area contributed by atoms with Gasteiger partial charge in [0.25, 0.3) is 0 Å². The van der Waals surface area contributed by atoms with E-state index in [0.29, 0.717) is 0 Å². The van der Waals surface area contributed by atoms with Crippen LogP contribution in [0.2, 0.25) is 0 Å². The first-order chi connectivity index (χ1) is 8.20. The Kier molecular flexibility index (Phi) is 3.51. The molecule has 5 nitrogen and oxygen atoms in total. The number of rotatable bonds is 4. The van der Waals surface area contributed by atoms with Gasteiger partial charge >= 0.3 is 0 Å². The van der Waals surface area contributed by atoms with Crippen molar-refractivity contribution >= 4 is 0 Å². The first-order valence-electron chi connectivity index (χ1n) is 5.58. The van der Waals surface area contributed by atoms with Crippen molar-refractivity contribution in [2.24, 2.45) is 5.84 Å². The Morgan fingerprint density at radius 1 is 1.41 bits per heavy atom. The monoisotopic (exact) mass is 231 g/mol. The molecule has 0 bridgehead atoms. The van der Waals surface area contributed by atoms with Gasteiger partial charge in [-0.3, -0.25) is 11.3 Å². The van der Waals surface area contributed by atoms with E-state index >= 15 is 0 Å². The summed E-state index contributed by atoms with van der Waals surface area (Å²) in [5, 5.41) is 10.5. The third-order valence-corrected chi connectivity index (χ3v) is 2.92. The number of hydrogen-bond donors (Lipinski definition) is 3. The highest BCUT2D eigenvalue weighted by Gasteiger charge is 2.14. The van der Waals surface area contributed by atoms with Crippen molar-refractivity contribution in [3.8, 4) is 0 Å². The Balaban J connectivity index is 2.21. The van der Waals surface area contributed by atoms with Crippen molar-refractivity contribution in [2.75, 3.05) is 0 Å². The predicted octanol–water partition coefficient (Wildman–Crippen LogP) is 1.17. The molecule has 17 heavy (non-hydrogen) atoms. The molecule has 2 aromatic rings. The van der Waals surface area contributed by atoms with Crippen molar-refractivity contribution in [2.45, 2.75) is 26.3 Å². The summed E-state index contributed by atoms with van der Waals surface area (Å²) in [6.07, 6.45) is 2.49. The van der Waals surface area contributed by atoms with E-state index in [0.717, 1.165) is 12.1 Å². The summed E-state index contributed by atoms with van der Waals surface area (Å²) in [6, 6.07) is 6.40. The molecular formula is C12H17N5. The molecule has 2 rings (SSSR count). The van der Waals surface area contributed by atoms with Crippen LogP contribution in [-0.4, -0.2) is 15.4 Å². The minimum absolute atomic E-state index is 0.0192. The Hall–Kier alpha value is -1.72. The number of benzene rings is 1. The van der Waals surface area contributed by atoms with Gasteiger partial charge in [0.1, 0.15) is 5.69 Å². The molecule has 90 valence electrons. The highest BCUT2D eigenvalue weighted by molar-refractivity contribution is 5.31. The van der Waals surface area contributed by atoms with Crippen LogP contribution in [0.25, 0.3) is 0 Å². The maximum Gasteiger partial charge on any atom is 0.101 e. The van der Waals surface area contributed by atoms with E-state index in [9.17, 15) is 0 Å². The van der Waals surface area contributed by atoms with E-state index in [2.05, 4.69) is 52.9 Å². The molecule has 0 amide bonds. The van der Waals surface area contributed by atoms with E-state index in [1.54, 1.807) is 6.20 Å². The molecule has 0 radical (unpaired) electrons. The molecule has 0 aliphatic heterocycles. The van der Waals surface area contributed by atoms with Gasteiger partial charge in [-0.15, -0.1) is 0 Å². The summed E-state index contributed by atoms with van der Waals surface area (Å²) in [4.78, 5) is 0. The molecule has 0 aliphatic carbocycles. The third-order valence-electron chi connectivity index (χ3n) is 2.92. The van der Waals surface area contributed by atoms with E-state index in [-0.39, 0.29) is 6.04 Å². The van der Waals surface area contributed by atoms with E-state index < -0.39 is 0 Å². The van der Waals surface area contributed by atoms with Gasteiger partial charge < -0.3 is 0 Å². The number of nitrogens with two attached hydrogens (primary N) is 1. The van der Waals surface area contributed by atoms with Crippen LogP contribution < -0.4 is 11.3 Å². The Bertz CT molecular complexity index is 478. The lowest BCUT2D eigenvalue weighted by Gasteiger charge is -2.15. The average molecular weight is 231 g/mol. The molecule has 1 heterocycles. The van der Waals surface area contributed by atoms with Crippen LogP contribution in [0, 0.1) is 13.8 Å². The van der Waals surface area contributed by atoms with Gasteiger partial charge in [0.2, 0.25) is 0 Å². The number of H-pyrrole nitrogens is 1. The fourth-order valence-corrected chi connectivity index (χ4v) is 1.87. The minimum Gasteiger partial charge on any atom is -0.271 e. The summed E-state index contributed by atoms with van der Waals surface area (Å²) in [7, 11) is 0. The van der Waals surface area contributed by atoms with Crippen molar-refractivity contribution < 1.29 is 0 Å². The molecular weight excluding hydrogens is 214 g/mol. The smallest absolute Gasteiger partial charge is 0.101 e. The standard InChI is InChI=1S/C12H17N5/c1-8-3-4-9(2)10(5-8)6-11(15-13)12-7-14-17-16-12/h3-5,7,11,15H,6,13H2,1-2H3,(H,14,16,17). The second kappa shape index (κ2) is 5.07. The fourth-order valence-electron chi connectivity index (χ4n) is 1.87. The lowest BCUT2D eigenvalue weighted by molar-refractivity contribution is 0.536. The van der Waals surface area contributed by atoms with E-state index in [4.69, 9.17) is 5.84 Å². The predicted molar refractivity (Wildman–Crippen MR) is 66.1 cm³/mol. The zero-order chi connectivity index (χ0) is 12.3. The van der Waals surface area contributed by atoms with Crippen molar-refractivity contribution in [1.29, 1.82) is 0 Å². The van der Waals surface area contributed by atoms with E-state index in [1.165, 1.54) is 16.7 Å². The molecule has 1 aromatic heterocycles. The SMILES string of the molecule is Cc1ccc(C)c(CC(NN)c2cn[nH]n2)c1. The third kappa shape index (κ3) is 2.69. The van der Waals surface area contributed by atoms with Gasteiger partial charge in [-0.1, -0.05) is 23.8 Å². The van der Waals surface area contributed by atoms with Crippen LogP contribution in [0.1, 0.15) is 28.4 Å². The van der Waals surface area contributed by atoms with Gasteiger partial charge in [0, 0.05) is 0 Å². The molecule has 1 unspecified atom stereocenters. The van der Waals surface area contributed by atoms with Gasteiger partial charge in [0.05, 0.1) is 12.2 Å². The summed E-state index contributed by atoms with van der Waals surface area (Å²) < 4.78 is 0. The maximum absolute atomic E-state index is 5.57. The van der Waals surface area contributed by atoms with Gasteiger partial charge in [-0.2, -0.15) is 15.4 Å². The van der Waals surface area contributed by atoms with Gasteiger partial charge in [-0.05, 0) is 31.4 Å². The molecule has 5 heteroatoms. The van der Waals surface area contributed by atoms with Crippen molar-refractivity contribution in [3.63, 3.8) is 0 Å². The zero-order valence-electron chi connectivity index (χ0n) is 10.1. The lowest BCUT2D eigenvalue weighted by Crippen LogP contribution is -2.30. The van der Waals surface area contributed by atoms with E-state index in [1.807, 2.05) is 0 Å². The number of hydrazine groups is 1. The summed E-state index contributed by atoms with van der Waals surface area (Å²) in [5.74, 6) is 5.57. The summed E-state index contributed by atoms with van der Waals surface area (Å²) in [5.41, 5.74) is 7.39. The van der Waals surface area contributed by atoms with Gasteiger partial charge in [0.15, 0.2) is 0 Å². The van der Waals surface area contributed by atoms with Crippen LogP contribution in [0.15, 0.2) is 24.4 Å². The highest BCUT2D eigenvalue weighted by atomic mass is 15.3. The second-order valence-corrected chi connectivity index (χ2v) is 4.25. The molecule has 0 fully saturated rings. The lowest BCUT2D eigenvalue weighted by atomic mass is 9.98. The molecule has 4 N–H and O–H groups in total. The summed E-state index contributed by atoms with van der Waals surface area (Å²) in [6.45, 7) is 4.19. The molecule has 0 saturated heterocycles. The molecule has 1 aromatic carbocycles. The first kappa shape index (κ1) is 11.8. The van der Waals surface area contributed by atoms with Crippen molar-refractivity contribution in [1.82, 2.24) is 20.8 Å². The molecule has 0 saturated carbocycles. The number of aromatic amines is 1. The number of hydrogen-bond acceptors (Lipinski definition) is 4. The van der Waals surface area contributed by atoms with Crippen LogP contribution in [-0.2, 0) is 6.42 Å². The minimum atomic E-state index is -0.0192. The highest BCUT2D eigenvalue weighted by Crippen LogP contribution is 2.18. The van der Waals surface area contributed by atoms with Crippen molar-refractivity contribution in [3.05, 3.63) is 46.8 Å². The maximum atomic E-state index is 5.57. The second-order valence-electron chi connectivity index (χ2n) is 4.25. The average Bonchev–Trinajstić information content (AvgIpc) is 2.84. The van der Waals surface area contributed by atoms with Gasteiger partial charge in [-0.25, -0.2) is 0 Å². The Labute approximate surface area is 100 Å². The van der Waals surface area contributed by atoms with Crippen LogP contribution in [0.5, 0.6) is 0 Å². The van der Waals surface area contributed by atoms with Crippen LogP contribution >= 0.6 is 0 Å².